The summed E-state index contributed by atoms with van der Waals surface area (Å²) in [5, 5.41) is 0. The Kier molecular flexibility index (Phi) is 3.37. The fourth-order valence-electron chi connectivity index (χ4n) is 3.02. The summed E-state index contributed by atoms with van der Waals surface area (Å²) < 4.78 is 11.7. The Bertz CT molecular complexity index is 387. The number of piperidine rings is 1. The molecule has 2 aliphatic heterocycles. The molecule has 0 radical (unpaired) electrons. The van der Waals surface area contributed by atoms with Crippen LogP contribution in [0.5, 0.6) is 0 Å². The number of hydrogen-bond acceptors (Lipinski definition) is 3. The second-order valence-corrected chi connectivity index (χ2v) is 5.27. The molecule has 1 unspecified atom stereocenters. The van der Waals surface area contributed by atoms with Gasteiger partial charge in [-0.3, -0.25) is 4.90 Å². The molecule has 2 saturated heterocycles. The van der Waals surface area contributed by atoms with Crippen LogP contribution in [0.25, 0.3) is 0 Å². The molecule has 18 heavy (non-hydrogen) atoms. The second-order valence-electron chi connectivity index (χ2n) is 5.27. The lowest BCUT2D eigenvalue weighted by molar-refractivity contribution is -0.193. The monoisotopic (exact) mass is 247 g/mol. The van der Waals surface area contributed by atoms with Crippen molar-refractivity contribution in [3.8, 4) is 0 Å². The molecule has 3 rings (SSSR count). The molecule has 0 aliphatic carbocycles. The standard InChI is InChI=1S/C15H21NO2/c1-13(14-6-3-2-4-7-14)16-9-5-8-15(12-16)17-10-11-18-15/h2-4,6-7,13H,5,8-12H2,1H3. The van der Waals surface area contributed by atoms with Crippen LogP contribution in [0.2, 0.25) is 0 Å². The number of ether oxygens (including phenoxy) is 2. The van der Waals surface area contributed by atoms with Crippen molar-refractivity contribution in [2.45, 2.75) is 31.6 Å². The maximum Gasteiger partial charge on any atom is 0.181 e. The topological polar surface area (TPSA) is 21.7 Å². The number of hydrogen-bond donors (Lipinski definition) is 0. The Labute approximate surface area is 109 Å². The Morgan fingerprint density at radius 1 is 1.17 bits per heavy atom. The lowest BCUT2D eigenvalue weighted by Crippen LogP contribution is -2.49. The molecule has 2 aliphatic rings. The number of rotatable bonds is 2. The minimum Gasteiger partial charge on any atom is -0.346 e. The first-order valence-electron chi connectivity index (χ1n) is 6.86. The average molecular weight is 247 g/mol. The first kappa shape index (κ1) is 12.2. The first-order valence-corrected chi connectivity index (χ1v) is 6.86. The minimum atomic E-state index is -0.318. The zero-order valence-corrected chi connectivity index (χ0v) is 11.0. The minimum absolute atomic E-state index is 0.318. The summed E-state index contributed by atoms with van der Waals surface area (Å²) in [5.41, 5.74) is 1.37. The third kappa shape index (κ3) is 2.30. The van der Waals surface area contributed by atoms with Crippen molar-refractivity contribution in [2.24, 2.45) is 0 Å². The summed E-state index contributed by atoms with van der Waals surface area (Å²) in [6, 6.07) is 11.1. The summed E-state index contributed by atoms with van der Waals surface area (Å²) in [6.07, 6.45) is 2.18. The molecule has 0 amide bonds. The van der Waals surface area contributed by atoms with Gasteiger partial charge in [0.15, 0.2) is 5.79 Å². The van der Waals surface area contributed by atoms with Gasteiger partial charge in [0, 0.05) is 12.5 Å². The molecule has 3 heteroatoms. The van der Waals surface area contributed by atoms with E-state index in [4.69, 9.17) is 9.47 Å². The van der Waals surface area contributed by atoms with Crippen molar-refractivity contribution in [1.82, 2.24) is 4.90 Å². The van der Waals surface area contributed by atoms with E-state index < -0.39 is 0 Å². The molecule has 0 N–H and O–H groups in total. The maximum atomic E-state index is 5.83. The van der Waals surface area contributed by atoms with E-state index in [9.17, 15) is 0 Å². The van der Waals surface area contributed by atoms with E-state index in [1.807, 2.05) is 0 Å². The molecule has 98 valence electrons. The third-order valence-corrected chi connectivity index (χ3v) is 4.09. The van der Waals surface area contributed by atoms with Crippen LogP contribution in [0.1, 0.15) is 31.4 Å². The summed E-state index contributed by atoms with van der Waals surface area (Å²) in [4.78, 5) is 2.48. The normalized spacial score (nSPS) is 25.4. The molecule has 0 saturated carbocycles. The molecule has 0 bridgehead atoms. The smallest absolute Gasteiger partial charge is 0.181 e. The van der Waals surface area contributed by atoms with Crippen LogP contribution in [0.15, 0.2) is 30.3 Å². The highest BCUT2D eigenvalue weighted by molar-refractivity contribution is 5.18. The Balaban J connectivity index is 1.72. The largest absolute Gasteiger partial charge is 0.346 e. The van der Waals surface area contributed by atoms with Gasteiger partial charge in [0.25, 0.3) is 0 Å². The lowest BCUT2D eigenvalue weighted by Gasteiger charge is -2.41. The third-order valence-electron chi connectivity index (χ3n) is 4.09. The quantitative estimate of drug-likeness (QED) is 0.802. The summed E-state index contributed by atoms with van der Waals surface area (Å²) in [7, 11) is 0. The van der Waals surface area contributed by atoms with Crippen LogP contribution in [0, 0.1) is 0 Å². The Morgan fingerprint density at radius 3 is 2.61 bits per heavy atom. The zero-order chi connectivity index (χ0) is 12.4. The lowest BCUT2D eigenvalue weighted by atomic mass is 9.99. The highest BCUT2D eigenvalue weighted by atomic mass is 16.7. The van der Waals surface area contributed by atoms with Crippen molar-refractivity contribution in [1.29, 1.82) is 0 Å². The highest BCUT2D eigenvalue weighted by Crippen LogP contribution is 2.34. The first-order chi connectivity index (χ1) is 8.79. The van der Waals surface area contributed by atoms with Crippen LogP contribution in [-0.4, -0.2) is 37.0 Å². The SMILES string of the molecule is CC(c1ccccc1)N1CCCC2(C1)OCCO2. The second kappa shape index (κ2) is 5.00. The molecule has 3 nitrogen and oxygen atoms in total. The van der Waals surface area contributed by atoms with E-state index in [-0.39, 0.29) is 5.79 Å². The predicted molar refractivity (Wildman–Crippen MR) is 70.3 cm³/mol. The average Bonchev–Trinajstić information content (AvgIpc) is 2.87. The van der Waals surface area contributed by atoms with E-state index in [2.05, 4.69) is 42.2 Å². The number of benzene rings is 1. The maximum absolute atomic E-state index is 5.83. The van der Waals surface area contributed by atoms with E-state index in [1.165, 1.54) is 5.56 Å². The van der Waals surface area contributed by atoms with Gasteiger partial charge in [0.05, 0.1) is 19.8 Å². The van der Waals surface area contributed by atoms with Gasteiger partial charge in [-0.05, 0) is 25.5 Å². The van der Waals surface area contributed by atoms with E-state index in [1.54, 1.807) is 0 Å². The van der Waals surface area contributed by atoms with Gasteiger partial charge >= 0.3 is 0 Å². The van der Waals surface area contributed by atoms with Crippen LogP contribution in [-0.2, 0) is 9.47 Å². The molecule has 2 heterocycles. The molecular formula is C15H21NO2. The number of nitrogens with zero attached hydrogens (tertiary/aromatic N) is 1. The Hall–Kier alpha value is -0.900. The van der Waals surface area contributed by atoms with Crippen molar-refractivity contribution in [3.63, 3.8) is 0 Å². The molecule has 1 spiro atoms. The molecule has 1 aromatic rings. The molecule has 0 aromatic heterocycles. The predicted octanol–water partition coefficient (Wildman–Crippen LogP) is 2.59. The molecule has 2 fully saturated rings. The van der Waals surface area contributed by atoms with Gasteiger partial charge in [-0.25, -0.2) is 0 Å². The van der Waals surface area contributed by atoms with Gasteiger partial charge in [0.1, 0.15) is 0 Å². The van der Waals surface area contributed by atoms with E-state index in [0.29, 0.717) is 6.04 Å². The summed E-state index contributed by atoms with van der Waals surface area (Å²) in [5.74, 6) is -0.318. The fourth-order valence-corrected chi connectivity index (χ4v) is 3.02. The zero-order valence-electron chi connectivity index (χ0n) is 11.0. The van der Waals surface area contributed by atoms with E-state index in [0.717, 1.165) is 39.1 Å². The van der Waals surface area contributed by atoms with Gasteiger partial charge in [0.2, 0.25) is 0 Å². The van der Waals surface area contributed by atoms with Crippen LogP contribution >= 0.6 is 0 Å². The molecule has 1 atom stereocenters. The van der Waals surface area contributed by atoms with Crippen molar-refractivity contribution >= 4 is 0 Å². The van der Waals surface area contributed by atoms with Crippen LogP contribution in [0.4, 0.5) is 0 Å². The summed E-state index contributed by atoms with van der Waals surface area (Å²) >= 11 is 0. The van der Waals surface area contributed by atoms with Crippen molar-refractivity contribution in [3.05, 3.63) is 35.9 Å². The van der Waals surface area contributed by atoms with Crippen LogP contribution < -0.4 is 0 Å². The molecular weight excluding hydrogens is 226 g/mol. The highest BCUT2D eigenvalue weighted by Gasteiger charge is 2.41. The van der Waals surface area contributed by atoms with Gasteiger partial charge in [-0.2, -0.15) is 0 Å². The number of likely N-dealkylation sites (tertiary alicyclic amines) is 1. The van der Waals surface area contributed by atoms with Gasteiger partial charge < -0.3 is 9.47 Å². The van der Waals surface area contributed by atoms with Gasteiger partial charge in [-0.15, -0.1) is 0 Å². The van der Waals surface area contributed by atoms with Gasteiger partial charge in [-0.1, -0.05) is 30.3 Å². The van der Waals surface area contributed by atoms with Crippen LogP contribution in [0.3, 0.4) is 0 Å². The fraction of sp³-hybridized carbons (Fsp3) is 0.600. The molecule has 1 aromatic carbocycles. The van der Waals surface area contributed by atoms with Crippen molar-refractivity contribution < 1.29 is 9.47 Å². The summed E-state index contributed by atoms with van der Waals surface area (Å²) in [6.45, 7) is 5.78. The van der Waals surface area contributed by atoms with E-state index >= 15 is 0 Å². The van der Waals surface area contributed by atoms with Crippen molar-refractivity contribution in [2.75, 3.05) is 26.3 Å². The Morgan fingerprint density at radius 2 is 1.89 bits per heavy atom.